The van der Waals surface area contributed by atoms with Crippen LogP contribution in [0.15, 0.2) is 30.3 Å². The van der Waals surface area contributed by atoms with Gasteiger partial charge >= 0.3 is 6.09 Å². The summed E-state index contributed by atoms with van der Waals surface area (Å²) in [5.74, 6) is 0.572. The van der Waals surface area contributed by atoms with E-state index in [1.807, 2.05) is 51.1 Å². The minimum absolute atomic E-state index is 0.0974. The van der Waals surface area contributed by atoms with E-state index in [4.69, 9.17) is 4.74 Å². The van der Waals surface area contributed by atoms with Gasteiger partial charge in [-0.15, -0.1) is 0 Å². The Balaban J connectivity index is 2.66. The molecule has 1 rings (SSSR count). The SMILES string of the molecule is CC(C)CNC[C@H](NC(=O)OC(C)(C)C)c1ccccc1. The van der Waals surface area contributed by atoms with Crippen molar-refractivity contribution in [3.05, 3.63) is 35.9 Å². The Morgan fingerprint density at radius 2 is 1.76 bits per heavy atom. The average molecular weight is 292 g/mol. The number of carbonyl (C=O) groups excluding carboxylic acids is 1. The first-order chi connectivity index (χ1) is 9.78. The number of amides is 1. The molecule has 0 spiro atoms. The number of benzene rings is 1. The Bertz CT molecular complexity index is 424. The summed E-state index contributed by atoms with van der Waals surface area (Å²) in [5, 5.41) is 6.32. The quantitative estimate of drug-likeness (QED) is 0.843. The smallest absolute Gasteiger partial charge is 0.408 e. The van der Waals surface area contributed by atoms with Crippen LogP contribution in [0.5, 0.6) is 0 Å². The lowest BCUT2D eigenvalue weighted by Crippen LogP contribution is -2.39. The van der Waals surface area contributed by atoms with Crippen LogP contribution in [0.2, 0.25) is 0 Å². The molecule has 4 heteroatoms. The lowest BCUT2D eigenvalue weighted by molar-refractivity contribution is 0.0503. The Morgan fingerprint density at radius 1 is 1.14 bits per heavy atom. The lowest BCUT2D eigenvalue weighted by Gasteiger charge is -2.24. The predicted octanol–water partition coefficient (Wildman–Crippen LogP) is 3.50. The van der Waals surface area contributed by atoms with E-state index in [0.29, 0.717) is 12.5 Å². The average Bonchev–Trinajstić information content (AvgIpc) is 2.36. The van der Waals surface area contributed by atoms with Gasteiger partial charge in [-0.1, -0.05) is 44.2 Å². The van der Waals surface area contributed by atoms with Gasteiger partial charge in [-0.2, -0.15) is 0 Å². The summed E-state index contributed by atoms with van der Waals surface area (Å²) in [6.45, 7) is 11.5. The Labute approximate surface area is 128 Å². The van der Waals surface area contributed by atoms with Crippen molar-refractivity contribution < 1.29 is 9.53 Å². The van der Waals surface area contributed by atoms with Gasteiger partial charge in [0, 0.05) is 6.54 Å². The number of carbonyl (C=O) groups is 1. The van der Waals surface area contributed by atoms with Crippen LogP contribution in [0.1, 0.15) is 46.2 Å². The molecule has 2 N–H and O–H groups in total. The monoisotopic (exact) mass is 292 g/mol. The van der Waals surface area contributed by atoms with Crippen LogP contribution >= 0.6 is 0 Å². The molecule has 4 nitrogen and oxygen atoms in total. The van der Waals surface area contributed by atoms with Gasteiger partial charge in [0.05, 0.1) is 6.04 Å². The molecule has 0 aliphatic rings. The molecule has 0 radical (unpaired) electrons. The third kappa shape index (κ3) is 7.71. The van der Waals surface area contributed by atoms with E-state index < -0.39 is 5.60 Å². The van der Waals surface area contributed by atoms with Crippen LogP contribution < -0.4 is 10.6 Å². The molecule has 1 aromatic rings. The molecule has 1 amide bonds. The Hall–Kier alpha value is -1.55. The first-order valence-corrected chi connectivity index (χ1v) is 7.53. The zero-order valence-electron chi connectivity index (χ0n) is 13.8. The van der Waals surface area contributed by atoms with Crippen LogP contribution in [-0.2, 0) is 4.74 Å². The third-order valence-corrected chi connectivity index (χ3v) is 2.79. The summed E-state index contributed by atoms with van der Waals surface area (Å²) in [7, 11) is 0. The molecule has 0 heterocycles. The summed E-state index contributed by atoms with van der Waals surface area (Å²) in [4.78, 5) is 12.0. The molecule has 0 bridgehead atoms. The van der Waals surface area contributed by atoms with Crippen molar-refractivity contribution >= 4 is 6.09 Å². The first-order valence-electron chi connectivity index (χ1n) is 7.53. The van der Waals surface area contributed by atoms with E-state index in [9.17, 15) is 4.79 Å². The molecule has 1 atom stereocenters. The molecule has 0 aliphatic carbocycles. The van der Waals surface area contributed by atoms with Gasteiger partial charge < -0.3 is 15.4 Å². The number of ether oxygens (including phenoxy) is 1. The van der Waals surface area contributed by atoms with Crippen LogP contribution in [0.4, 0.5) is 4.79 Å². The maximum atomic E-state index is 12.0. The van der Waals surface area contributed by atoms with Crippen molar-refractivity contribution in [3.8, 4) is 0 Å². The van der Waals surface area contributed by atoms with Crippen molar-refractivity contribution in [3.63, 3.8) is 0 Å². The van der Waals surface area contributed by atoms with Crippen molar-refractivity contribution in [2.75, 3.05) is 13.1 Å². The second-order valence-corrected chi connectivity index (χ2v) is 6.66. The summed E-state index contributed by atoms with van der Waals surface area (Å²) in [5.41, 5.74) is 0.580. The lowest BCUT2D eigenvalue weighted by atomic mass is 10.1. The van der Waals surface area contributed by atoms with E-state index in [1.54, 1.807) is 0 Å². The van der Waals surface area contributed by atoms with Crippen molar-refractivity contribution in [1.82, 2.24) is 10.6 Å². The maximum Gasteiger partial charge on any atom is 0.408 e. The van der Waals surface area contributed by atoms with Gasteiger partial charge in [-0.05, 0) is 38.8 Å². The fourth-order valence-corrected chi connectivity index (χ4v) is 1.90. The largest absolute Gasteiger partial charge is 0.444 e. The van der Waals surface area contributed by atoms with E-state index in [-0.39, 0.29) is 12.1 Å². The summed E-state index contributed by atoms with van der Waals surface area (Å²) < 4.78 is 5.34. The fourth-order valence-electron chi connectivity index (χ4n) is 1.90. The standard InChI is InChI=1S/C17H28N2O2/c1-13(2)11-18-12-15(14-9-7-6-8-10-14)19-16(20)21-17(3,4)5/h6-10,13,15,18H,11-12H2,1-5H3,(H,19,20)/t15-/m0/s1. The molecule has 0 aromatic heterocycles. The summed E-state index contributed by atoms with van der Waals surface area (Å²) in [6, 6.07) is 9.84. The molecule has 21 heavy (non-hydrogen) atoms. The van der Waals surface area contributed by atoms with E-state index >= 15 is 0 Å². The molecular weight excluding hydrogens is 264 g/mol. The molecule has 0 fully saturated rings. The fraction of sp³-hybridized carbons (Fsp3) is 0.588. The predicted molar refractivity (Wildman–Crippen MR) is 86.3 cm³/mol. The molecule has 0 unspecified atom stereocenters. The maximum absolute atomic E-state index is 12.0. The molecule has 1 aromatic carbocycles. The molecule has 0 saturated heterocycles. The van der Waals surface area contributed by atoms with Gasteiger partial charge in [-0.25, -0.2) is 4.79 Å². The number of hydrogen-bond acceptors (Lipinski definition) is 3. The van der Waals surface area contributed by atoms with Gasteiger partial charge in [0.2, 0.25) is 0 Å². The van der Waals surface area contributed by atoms with Crippen molar-refractivity contribution in [2.24, 2.45) is 5.92 Å². The van der Waals surface area contributed by atoms with Crippen molar-refractivity contribution in [1.29, 1.82) is 0 Å². The second kappa shape index (κ2) is 8.03. The van der Waals surface area contributed by atoms with E-state index in [2.05, 4.69) is 24.5 Å². The first kappa shape index (κ1) is 17.5. The molecule has 0 saturated carbocycles. The minimum atomic E-state index is -0.489. The molecular formula is C17H28N2O2. The number of hydrogen-bond donors (Lipinski definition) is 2. The van der Waals surface area contributed by atoms with Crippen LogP contribution in [0, 0.1) is 5.92 Å². The van der Waals surface area contributed by atoms with Crippen molar-refractivity contribution in [2.45, 2.75) is 46.3 Å². The van der Waals surface area contributed by atoms with Gasteiger partial charge in [0.25, 0.3) is 0 Å². The van der Waals surface area contributed by atoms with Crippen LogP contribution in [0.25, 0.3) is 0 Å². The van der Waals surface area contributed by atoms with Gasteiger partial charge in [-0.3, -0.25) is 0 Å². The highest BCUT2D eigenvalue weighted by Crippen LogP contribution is 2.14. The zero-order chi connectivity index (χ0) is 15.9. The summed E-state index contributed by atoms with van der Waals surface area (Å²) >= 11 is 0. The minimum Gasteiger partial charge on any atom is -0.444 e. The van der Waals surface area contributed by atoms with Crippen LogP contribution in [-0.4, -0.2) is 24.8 Å². The highest BCUT2D eigenvalue weighted by Gasteiger charge is 2.20. The highest BCUT2D eigenvalue weighted by molar-refractivity contribution is 5.68. The van der Waals surface area contributed by atoms with E-state index in [0.717, 1.165) is 12.1 Å². The highest BCUT2D eigenvalue weighted by atomic mass is 16.6. The zero-order valence-corrected chi connectivity index (χ0v) is 13.8. The second-order valence-electron chi connectivity index (χ2n) is 6.66. The Kier molecular flexibility index (Phi) is 6.69. The third-order valence-electron chi connectivity index (χ3n) is 2.79. The molecule has 0 aliphatic heterocycles. The van der Waals surface area contributed by atoms with E-state index in [1.165, 1.54) is 0 Å². The number of alkyl carbamates (subject to hydrolysis) is 1. The topological polar surface area (TPSA) is 50.4 Å². The van der Waals surface area contributed by atoms with Gasteiger partial charge in [0.1, 0.15) is 5.60 Å². The molecule has 118 valence electrons. The van der Waals surface area contributed by atoms with Gasteiger partial charge in [0.15, 0.2) is 0 Å². The number of nitrogens with one attached hydrogen (secondary N) is 2. The summed E-state index contributed by atoms with van der Waals surface area (Å²) in [6.07, 6.45) is -0.386. The van der Waals surface area contributed by atoms with Crippen LogP contribution in [0.3, 0.4) is 0 Å². The number of rotatable bonds is 6. The Morgan fingerprint density at radius 3 is 2.29 bits per heavy atom. The normalized spacial score (nSPS) is 13.0.